The largest absolute Gasteiger partial charge is 0.469 e. The van der Waals surface area contributed by atoms with E-state index in [1.165, 1.54) is 18.2 Å². The zero-order chi connectivity index (χ0) is 13.8. The maximum Gasteiger partial charge on any atom is 0.310 e. The van der Waals surface area contributed by atoms with Gasteiger partial charge in [0.15, 0.2) is 0 Å². The zero-order valence-corrected chi connectivity index (χ0v) is 12.1. The van der Waals surface area contributed by atoms with E-state index in [2.05, 4.69) is 43.0 Å². The van der Waals surface area contributed by atoms with Crippen LogP contribution in [0.3, 0.4) is 0 Å². The number of nitrogens with zero attached hydrogens (tertiary/aromatic N) is 1. The van der Waals surface area contributed by atoms with Crippen LogP contribution in [-0.2, 0) is 22.5 Å². The molecule has 0 aromatic heterocycles. The lowest BCUT2D eigenvalue weighted by atomic mass is 9.93. The predicted molar refractivity (Wildman–Crippen MR) is 75.8 cm³/mol. The molecule has 1 aromatic rings. The maximum absolute atomic E-state index is 11.8. The Hall–Kier alpha value is -1.35. The van der Waals surface area contributed by atoms with Crippen molar-refractivity contribution < 1.29 is 9.53 Å². The summed E-state index contributed by atoms with van der Waals surface area (Å²) in [5.41, 5.74) is 2.83. The van der Waals surface area contributed by atoms with Crippen LogP contribution in [0.15, 0.2) is 24.3 Å². The molecule has 1 aromatic carbocycles. The van der Waals surface area contributed by atoms with Crippen LogP contribution >= 0.6 is 0 Å². The number of carbonyl (C=O) groups excluding carboxylic acids is 1. The van der Waals surface area contributed by atoms with E-state index in [1.54, 1.807) is 0 Å². The minimum Gasteiger partial charge on any atom is -0.469 e. The number of methoxy groups -OCH3 is 1. The summed E-state index contributed by atoms with van der Waals surface area (Å²) in [7, 11) is 1.48. The third kappa shape index (κ3) is 3.35. The van der Waals surface area contributed by atoms with Gasteiger partial charge in [-0.2, -0.15) is 0 Å². The summed E-state index contributed by atoms with van der Waals surface area (Å²) in [5.74, 6) is 0.189. The van der Waals surface area contributed by atoms with Gasteiger partial charge in [0.1, 0.15) is 0 Å². The Morgan fingerprint density at radius 2 is 2.00 bits per heavy atom. The fourth-order valence-corrected chi connectivity index (χ4v) is 2.70. The van der Waals surface area contributed by atoms with E-state index in [4.69, 9.17) is 4.74 Å². The molecular weight excluding hydrogens is 238 g/mol. The van der Waals surface area contributed by atoms with Gasteiger partial charge in [-0.15, -0.1) is 0 Å². The molecule has 0 radical (unpaired) electrons. The van der Waals surface area contributed by atoms with Gasteiger partial charge in [0.05, 0.1) is 13.0 Å². The van der Waals surface area contributed by atoms with Crippen LogP contribution in [0.5, 0.6) is 0 Å². The SMILES string of the molecule is COC(=O)C(CN1CCc2ccccc2C1)C(C)C. The summed E-state index contributed by atoms with van der Waals surface area (Å²) in [6, 6.07) is 8.57. The molecule has 1 heterocycles. The monoisotopic (exact) mass is 261 g/mol. The lowest BCUT2D eigenvalue weighted by Crippen LogP contribution is -2.39. The van der Waals surface area contributed by atoms with Gasteiger partial charge in [0.2, 0.25) is 0 Å². The van der Waals surface area contributed by atoms with Crippen LogP contribution in [0.1, 0.15) is 25.0 Å². The van der Waals surface area contributed by atoms with Crippen LogP contribution in [0.25, 0.3) is 0 Å². The second kappa shape index (κ2) is 6.20. The molecule has 3 nitrogen and oxygen atoms in total. The van der Waals surface area contributed by atoms with Crippen molar-refractivity contribution in [1.29, 1.82) is 0 Å². The summed E-state index contributed by atoms with van der Waals surface area (Å²) >= 11 is 0. The highest BCUT2D eigenvalue weighted by molar-refractivity contribution is 5.72. The minimum absolute atomic E-state index is 0.0322. The predicted octanol–water partition coefficient (Wildman–Crippen LogP) is 2.49. The summed E-state index contributed by atoms with van der Waals surface area (Å²) in [6.07, 6.45) is 1.07. The molecule has 1 unspecified atom stereocenters. The van der Waals surface area contributed by atoms with Gasteiger partial charge in [-0.25, -0.2) is 0 Å². The van der Waals surface area contributed by atoms with E-state index in [0.717, 1.165) is 26.1 Å². The van der Waals surface area contributed by atoms with E-state index in [1.807, 2.05) is 0 Å². The Balaban J connectivity index is 2.02. The number of ether oxygens (including phenoxy) is 1. The van der Waals surface area contributed by atoms with Crippen molar-refractivity contribution in [2.75, 3.05) is 20.2 Å². The lowest BCUT2D eigenvalue weighted by Gasteiger charge is -2.32. The first kappa shape index (κ1) is 14.1. The Bertz CT molecular complexity index is 442. The number of hydrogen-bond acceptors (Lipinski definition) is 3. The molecule has 0 aliphatic carbocycles. The third-order valence-electron chi connectivity index (χ3n) is 3.97. The van der Waals surface area contributed by atoms with Crippen molar-refractivity contribution in [3.8, 4) is 0 Å². The maximum atomic E-state index is 11.8. The van der Waals surface area contributed by atoms with Crippen LogP contribution in [-0.4, -0.2) is 31.1 Å². The average molecular weight is 261 g/mol. The van der Waals surface area contributed by atoms with Crippen LogP contribution in [0.2, 0.25) is 0 Å². The first-order chi connectivity index (χ1) is 9.11. The van der Waals surface area contributed by atoms with Gasteiger partial charge in [-0.3, -0.25) is 9.69 Å². The Kier molecular flexibility index (Phi) is 4.59. The quantitative estimate of drug-likeness (QED) is 0.780. The lowest BCUT2D eigenvalue weighted by molar-refractivity contribution is -0.147. The Morgan fingerprint density at radius 1 is 1.32 bits per heavy atom. The molecule has 19 heavy (non-hydrogen) atoms. The Morgan fingerprint density at radius 3 is 2.63 bits per heavy atom. The van der Waals surface area contributed by atoms with E-state index in [-0.39, 0.29) is 11.9 Å². The molecule has 104 valence electrons. The molecule has 0 saturated carbocycles. The molecule has 0 fully saturated rings. The molecule has 1 atom stereocenters. The van der Waals surface area contributed by atoms with Crippen molar-refractivity contribution in [1.82, 2.24) is 4.90 Å². The van der Waals surface area contributed by atoms with Crippen LogP contribution in [0, 0.1) is 11.8 Å². The highest BCUT2D eigenvalue weighted by Crippen LogP contribution is 2.22. The Labute approximate surface area is 115 Å². The van der Waals surface area contributed by atoms with Crippen molar-refractivity contribution in [2.24, 2.45) is 11.8 Å². The number of fused-ring (bicyclic) bond motifs is 1. The third-order valence-corrected chi connectivity index (χ3v) is 3.97. The van der Waals surface area contributed by atoms with E-state index >= 15 is 0 Å². The molecule has 0 amide bonds. The summed E-state index contributed by atoms with van der Waals surface area (Å²) in [4.78, 5) is 14.2. The summed E-state index contributed by atoms with van der Waals surface area (Å²) in [5, 5.41) is 0. The number of hydrogen-bond donors (Lipinski definition) is 0. The molecular formula is C16H23NO2. The van der Waals surface area contributed by atoms with Crippen molar-refractivity contribution >= 4 is 5.97 Å². The van der Waals surface area contributed by atoms with Gasteiger partial charge in [-0.05, 0) is 23.5 Å². The highest BCUT2D eigenvalue weighted by Gasteiger charge is 2.27. The number of rotatable bonds is 4. The second-order valence-electron chi connectivity index (χ2n) is 5.63. The summed E-state index contributed by atoms with van der Waals surface area (Å²) < 4.78 is 4.92. The molecule has 0 saturated heterocycles. The molecule has 0 bridgehead atoms. The van der Waals surface area contributed by atoms with Gasteiger partial charge in [-0.1, -0.05) is 38.1 Å². The van der Waals surface area contributed by atoms with Gasteiger partial charge >= 0.3 is 5.97 Å². The summed E-state index contributed by atoms with van der Waals surface area (Å²) in [6.45, 7) is 6.92. The number of benzene rings is 1. The standard InChI is InChI=1S/C16H23NO2/c1-12(2)15(16(18)19-3)11-17-9-8-13-6-4-5-7-14(13)10-17/h4-7,12,15H,8-11H2,1-3H3. The molecule has 0 N–H and O–H groups in total. The van der Waals surface area contributed by atoms with Gasteiger partial charge < -0.3 is 4.74 Å². The molecule has 1 aliphatic rings. The smallest absolute Gasteiger partial charge is 0.310 e. The van der Waals surface area contributed by atoms with E-state index < -0.39 is 0 Å². The fraction of sp³-hybridized carbons (Fsp3) is 0.562. The molecule has 1 aliphatic heterocycles. The average Bonchev–Trinajstić information content (AvgIpc) is 2.43. The van der Waals surface area contributed by atoms with Crippen molar-refractivity contribution in [3.05, 3.63) is 35.4 Å². The molecule has 0 spiro atoms. The van der Waals surface area contributed by atoms with Crippen LogP contribution < -0.4 is 0 Å². The van der Waals surface area contributed by atoms with Gasteiger partial charge in [0, 0.05) is 19.6 Å². The second-order valence-corrected chi connectivity index (χ2v) is 5.63. The highest BCUT2D eigenvalue weighted by atomic mass is 16.5. The molecule has 3 heteroatoms. The topological polar surface area (TPSA) is 29.5 Å². The van der Waals surface area contributed by atoms with Crippen LogP contribution in [0.4, 0.5) is 0 Å². The van der Waals surface area contributed by atoms with E-state index in [9.17, 15) is 4.79 Å². The number of esters is 1. The normalized spacial score (nSPS) is 17.1. The van der Waals surface area contributed by atoms with Crippen molar-refractivity contribution in [3.63, 3.8) is 0 Å². The fourth-order valence-electron chi connectivity index (χ4n) is 2.70. The first-order valence-electron chi connectivity index (χ1n) is 6.98. The zero-order valence-electron chi connectivity index (χ0n) is 12.1. The number of carbonyl (C=O) groups is 1. The first-order valence-corrected chi connectivity index (χ1v) is 6.98. The van der Waals surface area contributed by atoms with Crippen molar-refractivity contribution in [2.45, 2.75) is 26.8 Å². The van der Waals surface area contributed by atoms with Gasteiger partial charge in [0.25, 0.3) is 0 Å². The van der Waals surface area contributed by atoms with E-state index in [0.29, 0.717) is 5.92 Å². The molecule has 2 rings (SSSR count). The minimum atomic E-state index is -0.0890.